The zero-order valence-electron chi connectivity index (χ0n) is 14.4. The van der Waals surface area contributed by atoms with E-state index in [1.54, 1.807) is 20.3 Å². The van der Waals surface area contributed by atoms with Crippen molar-refractivity contribution in [3.8, 4) is 11.5 Å². The second-order valence-corrected chi connectivity index (χ2v) is 6.65. The van der Waals surface area contributed by atoms with Crippen molar-refractivity contribution in [1.82, 2.24) is 4.90 Å². The second kappa shape index (κ2) is 7.78. The summed E-state index contributed by atoms with van der Waals surface area (Å²) in [6, 6.07) is 13.4. The quantitative estimate of drug-likeness (QED) is 0.782. The third-order valence-electron chi connectivity index (χ3n) is 4.40. The van der Waals surface area contributed by atoms with E-state index in [0.29, 0.717) is 24.4 Å². The summed E-state index contributed by atoms with van der Waals surface area (Å²) in [5.41, 5.74) is 1.70. The zero-order valence-corrected chi connectivity index (χ0v) is 16.0. The van der Waals surface area contributed by atoms with Gasteiger partial charge < -0.3 is 19.3 Å². The summed E-state index contributed by atoms with van der Waals surface area (Å²) >= 11 is 3.46. The molecule has 0 spiro atoms. The lowest BCUT2D eigenvalue weighted by atomic mass is 10.1. The number of carbonyl (C=O) groups is 1. The molecule has 1 fully saturated rings. The summed E-state index contributed by atoms with van der Waals surface area (Å²) in [6.45, 7) is 2.88. The van der Waals surface area contributed by atoms with Crippen LogP contribution in [0.2, 0.25) is 0 Å². The van der Waals surface area contributed by atoms with Crippen LogP contribution in [0.4, 0.5) is 5.69 Å². The lowest BCUT2D eigenvalue weighted by Crippen LogP contribution is -2.49. The number of nitrogens with zero attached hydrogens (tertiary/aromatic N) is 2. The molecule has 0 saturated carbocycles. The first-order chi connectivity index (χ1) is 12.1. The van der Waals surface area contributed by atoms with E-state index in [0.717, 1.165) is 29.0 Å². The number of piperazine rings is 1. The Labute approximate surface area is 156 Å². The minimum Gasteiger partial charge on any atom is -0.497 e. The van der Waals surface area contributed by atoms with Gasteiger partial charge in [0.05, 0.1) is 25.5 Å². The highest BCUT2D eigenvalue weighted by Gasteiger charge is 2.25. The van der Waals surface area contributed by atoms with Crippen molar-refractivity contribution in [2.75, 3.05) is 45.3 Å². The predicted molar refractivity (Wildman–Crippen MR) is 102 cm³/mol. The number of ether oxygens (including phenoxy) is 2. The first-order valence-corrected chi connectivity index (χ1v) is 8.94. The fourth-order valence-corrected chi connectivity index (χ4v) is 3.42. The molecule has 1 saturated heterocycles. The van der Waals surface area contributed by atoms with Gasteiger partial charge in [-0.25, -0.2) is 0 Å². The van der Waals surface area contributed by atoms with E-state index >= 15 is 0 Å². The molecule has 2 aromatic carbocycles. The Bertz CT molecular complexity index is 758. The van der Waals surface area contributed by atoms with Crippen molar-refractivity contribution in [3.05, 3.63) is 52.5 Å². The summed E-state index contributed by atoms with van der Waals surface area (Å²) in [5.74, 6) is 1.56. The molecule has 0 aromatic heterocycles. The van der Waals surface area contributed by atoms with Crippen molar-refractivity contribution < 1.29 is 14.3 Å². The predicted octanol–water partition coefficient (Wildman–Crippen LogP) is 3.43. The van der Waals surface area contributed by atoms with E-state index in [-0.39, 0.29) is 5.91 Å². The van der Waals surface area contributed by atoms with E-state index in [1.807, 2.05) is 35.2 Å². The Morgan fingerprint density at radius 2 is 1.72 bits per heavy atom. The van der Waals surface area contributed by atoms with Gasteiger partial charge in [-0.2, -0.15) is 0 Å². The standard InChI is InChI=1S/C19H21BrN2O3/c1-24-14-7-8-16(20)15(13-14)19(23)22-11-9-21(10-12-22)17-5-3-4-6-18(17)25-2/h3-8,13H,9-12H2,1-2H3. The molecule has 0 atom stereocenters. The number of benzene rings is 2. The lowest BCUT2D eigenvalue weighted by Gasteiger charge is -2.36. The van der Waals surface area contributed by atoms with Gasteiger partial charge in [-0.15, -0.1) is 0 Å². The maximum atomic E-state index is 12.9. The molecule has 1 heterocycles. The van der Waals surface area contributed by atoms with Gasteiger partial charge in [-0.3, -0.25) is 4.79 Å². The molecule has 0 radical (unpaired) electrons. The molecule has 1 aliphatic heterocycles. The lowest BCUT2D eigenvalue weighted by molar-refractivity contribution is 0.0745. The van der Waals surface area contributed by atoms with Crippen LogP contribution in [0.15, 0.2) is 46.9 Å². The topological polar surface area (TPSA) is 42.0 Å². The number of carbonyl (C=O) groups excluding carboxylic acids is 1. The highest BCUT2D eigenvalue weighted by Crippen LogP contribution is 2.29. The monoisotopic (exact) mass is 404 g/mol. The Kier molecular flexibility index (Phi) is 5.48. The number of anilines is 1. The number of halogens is 1. The fourth-order valence-electron chi connectivity index (χ4n) is 3.01. The van der Waals surface area contributed by atoms with Crippen LogP contribution in [0, 0.1) is 0 Å². The SMILES string of the molecule is COc1ccc(Br)c(C(=O)N2CCN(c3ccccc3OC)CC2)c1. The van der Waals surface area contributed by atoms with Gasteiger partial charge in [-0.1, -0.05) is 12.1 Å². The van der Waals surface area contributed by atoms with Crippen LogP contribution in [0.25, 0.3) is 0 Å². The van der Waals surface area contributed by atoms with Gasteiger partial charge in [0.25, 0.3) is 5.91 Å². The van der Waals surface area contributed by atoms with Crippen LogP contribution >= 0.6 is 15.9 Å². The van der Waals surface area contributed by atoms with Gasteiger partial charge in [-0.05, 0) is 46.3 Å². The molecule has 1 amide bonds. The van der Waals surface area contributed by atoms with Gasteiger partial charge >= 0.3 is 0 Å². The van der Waals surface area contributed by atoms with Crippen molar-refractivity contribution in [1.29, 1.82) is 0 Å². The van der Waals surface area contributed by atoms with Crippen molar-refractivity contribution in [3.63, 3.8) is 0 Å². The van der Waals surface area contributed by atoms with Crippen LogP contribution in [0.1, 0.15) is 10.4 Å². The zero-order chi connectivity index (χ0) is 17.8. The summed E-state index contributed by atoms with van der Waals surface area (Å²) in [4.78, 5) is 17.0. The third-order valence-corrected chi connectivity index (χ3v) is 5.09. The molecule has 0 unspecified atom stereocenters. The Balaban J connectivity index is 1.71. The Morgan fingerprint density at radius 1 is 1.00 bits per heavy atom. The van der Waals surface area contributed by atoms with E-state index in [9.17, 15) is 4.79 Å². The van der Waals surface area contributed by atoms with E-state index < -0.39 is 0 Å². The normalized spacial score (nSPS) is 14.4. The fraction of sp³-hybridized carbons (Fsp3) is 0.316. The highest BCUT2D eigenvalue weighted by atomic mass is 79.9. The summed E-state index contributed by atoms with van der Waals surface area (Å²) < 4.78 is 11.5. The maximum absolute atomic E-state index is 12.9. The van der Waals surface area contributed by atoms with Crippen molar-refractivity contribution in [2.24, 2.45) is 0 Å². The van der Waals surface area contributed by atoms with E-state index in [2.05, 4.69) is 26.9 Å². The number of para-hydroxylation sites is 2. The summed E-state index contributed by atoms with van der Waals surface area (Å²) in [6.07, 6.45) is 0. The molecule has 3 rings (SSSR count). The van der Waals surface area contributed by atoms with Gasteiger partial charge in [0.2, 0.25) is 0 Å². The smallest absolute Gasteiger partial charge is 0.255 e. The molecule has 132 valence electrons. The molecule has 5 nitrogen and oxygen atoms in total. The van der Waals surface area contributed by atoms with Crippen molar-refractivity contribution >= 4 is 27.5 Å². The molecule has 25 heavy (non-hydrogen) atoms. The largest absolute Gasteiger partial charge is 0.497 e. The first-order valence-electron chi connectivity index (χ1n) is 8.15. The van der Waals surface area contributed by atoms with Crippen LogP contribution < -0.4 is 14.4 Å². The molecule has 2 aromatic rings. The molecule has 1 aliphatic rings. The van der Waals surface area contributed by atoms with Crippen LogP contribution in [-0.2, 0) is 0 Å². The molecule has 0 bridgehead atoms. The second-order valence-electron chi connectivity index (χ2n) is 5.80. The molecular weight excluding hydrogens is 384 g/mol. The number of rotatable bonds is 4. The molecule has 6 heteroatoms. The van der Waals surface area contributed by atoms with Crippen LogP contribution in [0.3, 0.4) is 0 Å². The average molecular weight is 405 g/mol. The third kappa shape index (κ3) is 3.74. The molecule has 0 N–H and O–H groups in total. The number of hydrogen-bond acceptors (Lipinski definition) is 4. The molecule has 0 aliphatic carbocycles. The summed E-state index contributed by atoms with van der Waals surface area (Å²) in [5, 5.41) is 0. The summed E-state index contributed by atoms with van der Waals surface area (Å²) in [7, 11) is 3.28. The maximum Gasteiger partial charge on any atom is 0.255 e. The minimum atomic E-state index is 0.0189. The van der Waals surface area contributed by atoms with Gasteiger partial charge in [0.1, 0.15) is 11.5 Å². The Hall–Kier alpha value is -2.21. The minimum absolute atomic E-state index is 0.0189. The van der Waals surface area contributed by atoms with Gasteiger partial charge in [0.15, 0.2) is 0 Å². The molecular formula is C19H21BrN2O3. The van der Waals surface area contributed by atoms with Crippen molar-refractivity contribution in [2.45, 2.75) is 0 Å². The first kappa shape index (κ1) is 17.6. The number of hydrogen-bond donors (Lipinski definition) is 0. The van der Waals surface area contributed by atoms with Gasteiger partial charge in [0, 0.05) is 30.7 Å². The Morgan fingerprint density at radius 3 is 2.40 bits per heavy atom. The highest BCUT2D eigenvalue weighted by molar-refractivity contribution is 9.10. The van der Waals surface area contributed by atoms with Crippen LogP contribution in [-0.4, -0.2) is 51.2 Å². The number of amides is 1. The van der Waals surface area contributed by atoms with Crippen LogP contribution in [0.5, 0.6) is 11.5 Å². The number of methoxy groups -OCH3 is 2. The van der Waals surface area contributed by atoms with E-state index in [4.69, 9.17) is 9.47 Å². The average Bonchev–Trinajstić information content (AvgIpc) is 2.68. The van der Waals surface area contributed by atoms with E-state index in [1.165, 1.54) is 0 Å².